The quantitative estimate of drug-likeness (QED) is 0.553. The highest BCUT2D eigenvalue weighted by Crippen LogP contribution is 2.21. The van der Waals surface area contributed by atoms with Gasteiger partial charge in [0.15, 0.2) is 0 Å². The van der Waals surface area contributed by atoms with E-state index in [9.17, 15) is 18.0 Å². The Balaban J connectivity index is 2.16. The van der Waals surface area contributed by atoms with E-state index in [4.69, 9.17) is 9.72 Å². The van der Waals surface area contributed by atoms with Crippen LogP contribution in [0, 0.1) is 6.92 Å². The highest BCUT2D eigenvalue weighted by atomic mass is 32.2. The Hall–Kier alpha value is -3.24. The molecule has 188 valence electrons. The molecule has 0 saturated heterocycles. The zero-order valence-corrected chi connectivity index (χ0v) is 21.9. The van der Waals surface area contributed by atoms with E-state index in [0.29, 0.717) is 28.0 Å². The molecule has 1 amide bonds. The molecule has 1 N–H and O–H groups in total. The van der Waals surface area contributed by atoms with Crippen molar-refractivity contribution in [1.29, 1.82) is 0 Å². The Morgan fingerprint density at radius 1 is 1.20 bits per heavy atom. The third-order valence-corrected chi connectivity index (χ3v) is 6.65. The summed E-state index contributed by atoms with van der Waals surface area (Å²) in [6.45, 7) is 9.01. The van der Waals surface area contributed by atoms with E-state index in [1.54, 1.807) is 58.0 Å². The van der Waals surface area contributed by atoms with Gasteiger partial charge < -0.3 is 10.1 Å². The standard InChI is InChI=1S/C25H32N4O5S/c1-16-10-8-13-20-21(16)23(30)29(22(27-20)17(2)26-24(31)34-25(3,4)5)19-12-9-11-18(14-19)15-28(6)35(7,32)33/h8-14,17H,15H2,1-7H3,(H,26,31)/t17-/m0/s1. The van der Waals surface area contributed by atoms with Crippen molar-refractivity contribution in [2.45, 2.75) is 52.8 Å². The van der Waals surface area contributed by atoms with E-state index >= 15 is 0 Å². The molecule has 0 spiro atoms. The van der Waals surface area contributed by atoms with Gasteiger partial charge in [0, 0.05) is 13.6 Å². The van der Waals surface area contributed by atoms with E-state index in [2.05, 4.69) is 5.32 Å². The van der Waals surface area contributed by atoms with Crippen LogP contribution in [-0.4, -0.2) is 47.3 Å². The first-order valence-corrected chi connectivity index (χ1v) is 13.0. The second-order valence-corrected chi connectivity index (χ2v) is 11.7. The van der Waals surface area contributed by atoms with E-state index in [0.717, 1.165) is 11.8 Å². The van der Waals surface area contributed by atoms with Crippen LogP contribution in [0.4, 0.5) is 4.79 Å². The molecule has 3 rings (SSSR count). The van der Waals surface area contributed by atoms with Crippen molar-refractivity contribution < 1.29 is 17.9 Å². The minimum atomic E-state index is -3.38. The van der Waals surface area contributed by atoms with Crippen LogP contribution in [0.1, 0.15) is 50.7 Å². The molecule has 0 radical (unpaired) electrons. The molecule has 1 aromatic heterocycles. The number of aryl methyl sites for hydroxylation is 1. The van der Waals surface area contributed by atoms with Gasteiger partial charge in [-0.15, -0.1) is 0 Å². The maximum Gasteiger partial charge on any atom is 0.408 e. The number of alkyl carbamates (subject to hydrolysis) is 1. The van der Waals surface area contributed by atoms with Crippen LogP contribution < -0.4 is 10.9 Å². The molecule has 1 heterocycles. The Morgan fingerprint density at radius 3 is 2.49 bits per heavy atom. The number of hydrogen-bond acceptors (Lipinski definition) is 6. The van der Waals surface area contributed by atoms with Crippen molar-refractivity contribution in [3.8, 4) is 5.69 Å². The number of nitrogens with one attached hydrogen (secondary N) is 1. The van der Waals surface area contributed by atoms with Gasteiger partial charge >= 0.3 is 6.09 Å². The van der Waals surface area contributed by atoms with Crippen LogP contribution in [0.15, 0.2) is 47.3 Å². The van der Waals surface area contributed by atoms with E-state index in [1.807, 2.05) is 19.1 Å². The summed E-state index contributed by atoms with van der Waals surface area (Å²) in [6.07, 6.45) is 0.512. The fraction of sp³-hybridized carbons (Fsp3) is 0.400. The zero-order valence-electron chi connectivity index (χ0n) is 21.1. The highest BCUT2D eigenvalue weighted by molar-refractivity contribution is 7.88. The summed E-state index contributed by atoms with van der Waals surface area (Å²) < 4.78 is 31.8. The van der Waals surface area contributed by atoms with Gasteiger partial charge in [0.25, 0.3) is 5.56 Å². The smallest absolute Gasteiger partial charge is 0.408 e. The summed E-state index contributed by atoms with van der Waals surface area (Å²) in [5.41, 5.74) is 1.55. The molecule has 3 aromatic rings. The van der Waals surface area contributed by atoms with Crippen LogP contribution >= 0.6 is 0 Å². The number of sulfonamides is 1. The van der Waals surface area contributed by atoms with Gasteiger partial charge in [0.1, 0.15) is 11.4 Å². The molecule has 0 aliphatic heterocycles. The lowest BCUT2D eigenvalue weighted by Crippen LogP contribution is -2.37. The Morgan fingerprint density at radius 2 is 1.86 bits per heavy atom. The van der Waals surface area contributed by atoms with Gasteiger partial charge in [-0.25, -0.2) is 22.5 Å². The van der Waals surface area contributed by atoms with Crippen molar-refractivity contribution in [3.05, 3.63) is 69.8 Å². The lowest BCUT2D eigenvalue weighted by atomic mass is 10.1. The zero-order chi connectivity index (χ0) is 26.1. The molecule has 0 aliphatic carbocycles. The first kappa shape index (κ1) is 26.4. The summed E-state index contributed by atoms with van der Waals surface area (Å²) in [6, 6.07) is 11.8. The molecule has 0 aliphatic rings. The topological polar surface area (TPSA) is 111 Å². The molecule has 0 fully saturated rings. The van der Waals surface area contributed by atoms with Gasteiger partial charge in [-0.3, -0.25) is 9.36 Å². The molecular formula is C25H32N4O5S. The number of hydrogen-bond donors (Lipinski definition) is 1. The molecule has 35 heavy (non-hydrogen) atoms. The second-order valence-electron chi connectivity index (χ2n) is 9.64. The molecule has 0 saturated carbocycles. The Labute approximate surface area is 205 Å². The van der Waals surface area contributed by atoms with Gasteiger partial charge in [0.2, 0.25) is 10.0 Å². The summed E-state index contributed by atoms with van der Waals surface area (Å²) in [5.74, 6) is 0.326. The number of rotatable bonds is 6. The van der Waals surface area contributed by atoms with Crippen molar-refractivity contribution in [2.75, 3.05) is 13.3 Å². The van der Waals surface area contributed by atoms with Gasteiger partial charge in [0.05, 0.1) is 28.9 Å². The summed E-state index contributed by atoms with van der Waals surface area (Å²) >= 11 is 0. The summed E-state index contributed by atoms with van der Waals surface area (Å²) in [7, 11) is -1.89. The number of benzene rings is 2. The second kappa shape index (κ2) is 9.79. The van der Waals surface area contributed by atoms with Crippen LogP contribution in [0.5, 0.6) is 0 Å². The predicted octanol–water partition coefficient (Wildman–Crippen LogP) is 3.67. The first-order chi connectivity index (χ1) is 16.2. The van der Waals surface area contributed by atoms with Crippen molar-refractivity contribution >= 4 is 27.0 Å². The van der Waals surface area contributed by atoms with Crippen molar-refractivity contribution in [1.82, 2.24) is 19.2 Å². The fourth-order valence-electron chi connectivity index (χ4n) is 3.67. The maximum absolute atomic E-state index is 13.8. The third kappa shape index (κ3) is 6.26. The number of ether oxygens (including phenoxy) is 1. The Bertz CT molecular complexity index is 1420. The average molecular weight is 501 g/mol. The summed E-state index contributed by atoms with van der Waals surface area (Å²) in [4.78, 5) is 30.9. The Kier molecular flexibility index (Phi) is 7.37. The normalized spacial score (nSPS) is 13.1. The lowest BCUT2D eigenvalue weighted by Gasteiger charge is -2.24. The van der Waals surface area contributed by atoms with E-state index in [-0.39, 0.29) is 12.1 Å². The highest BCUT2D eigenvalue weighted by Gasteiger charge is 2.23. The maximum atomic E-state index is 13.8. The van der Waals surface area contributed by atoms with Gasteiger partial charge in [-0.05, 0) is 63.9 Å². The van der Waals surface area contributed by atoms with Crippen LogP contribution in [0.2, 0.25) is 0 Å². The monoisotopic (exact) mass is 500 g/mol. The van der Waals surface area contributed by atoms with Crippen molar-refractivity contribution in [3.63, 3.8) is 0 Å². The molecule has 0 bridgehead atoms. The molecule has 0 unspecified atom stereocenters. The van der Waals surface area contributed by atoms with Crippen LogP contribution in [0.3, 0.4) is 0 Å². The van der Waals surface area contributed by atoms with Crippen LogP contribution in [-0.2, 0) is 21.3 Å². The van der Waals surface area contributed by atoms with Crippen LogP contribution in [0.25, 0.3) is 16.6 Å². The SMILES string of the molecule is Cc1cccc2nc([C@H](C)NC(=O)OC(C)(C)C)n(-c3cccc(CN(C)S(C)(=O)=O)c3)c(=O)c12. The molecule has 10 heteroatoms. The number of aromatic nitrogens is 2. The molecule has 9 nitrogen and oxygen atoms in total. The molecular weight excluding hydrogens is 468 g/mol. The van der Waals surface area contributed by atoms with Crippen molar-refractivity contribution in [2.24, 2.45) is 0 Å². The number of carbonyl (C=O) groups is 1. The predicted molar refractivity (Wildman–Crippen MR) is 136 cm³/mol. The first-order valence-electron chi connectivity index (χ1n) is 11.2. The fourth-order valence-corrected chi connectivity index (χ4v) is 4.05. The third-order valence-electron chi connectivity index (χ3n) is 5.39. The van der Waals surface area contributed by atoms with E-state index < -0.39 is 27.8 Å². The lowest BCUT2D eigenvalue weighted by molar-refractivity contribution is 0.0505. The summed E-state index contributed by atoms with van der Waals surface area (Å²) in [5, 5.41) is 3.24. The largest absolute Gasteiger partial charge is 0.444 e. The minimum absolute atomic E-state index is 0.141. The molecule has 1 atom stereocenters. The van der Waals surface area contributed by atoms with Gasteiger partial charge in [-0.1, -0.05) is 24.3 Å². The number of nitrogens with zero attached hydrogens (tertiary/aromatic N) is 3. The number of amides is 1. The minimum Gasteiger partial charge on any atom is -0.444 e. The van der Waals surface area contributed by atoms with Gasteiger partial charge in [-0.2, -0.15) is 0 Å². The molecule has 2 aromatic carbocycles. The average Bonchev–Trinajstić information content (AvgIpc) is 2.71. The van der Waals surface area contributed by atoms with E-state index in [1.165, 1.54) is 15.9 Å². The number of fused-ring (bicyclic) bond motifs is 1. The number of carbonyl (C=O) groups excluding carboxylic acids is 1.